The summed E-state index contributed by atoms with van der Waals surface area (Å²) in [5.41, 5.74) is 0.835. The van der Waals surface area contributed by atoms with E-state index in [9.17, 15) is 9.18 Å². The number of benzene rings is 2. The molecule has 0 aromatic heterocycles. The van der Waals surface area contributed by atoms with Crippen LogP contribution in [0.1, 0.15) is 22.0 Å². The van der Waals surface area contributed by atoms with Crippen LogP contribution < -0.4 is 14.8 Å². The minimum absolute atomic E-state index is 0.0866. The molecule has 1 amide bonds. The molecule has 2 aromatic rings. The third-order valence-corrected chi connectivity index (χ3v) is 5.23. The largest absolute Gasteiger partial charge is 0.454 e. The molecule has 2 aromatic carbocycles. The Bertz CT molecular complexity index is 853. The Morgan fingerprint density at radius 1 is 1.18 bits per heavy atom. The van der Waals surface area contributed by atoms with Gasteiger partial charge in [0.15, 0.2) is 11.5 Å². The summed E-state index contributed by atoms with van der Waals surface area (Å²) in [4.78, 5) is 14.8. The van der Waals surface area contributed by atoms with Crippen LogP contribution in [0, 0.1) is 5.82 Å². The number of hydrogen-bond acceptors (Lipinski definition) is 5. The standard InChI is InChI=1S/C20H20ClFN2O4/c21-14-2-1-3-15(22)19(14)20(25)23-11-16(24-6-8-26-9-7-24)13-4-5-17-18(10-13)28-12-27-17/h1-5,10,16H,6-9,11-12H2,(H,23,25). The van der Waals surface area contributed by atoms with Crippen LogP contribution in [0.5, 0.6) is 11.5 Å². The monoisotopic (exact) mass is 406 g/mol. The molecule has 1 N–H and O–H groups in total. The Morgan fingerprint density at radius 3 is 2.75 bits per heavy atom. The lowest BCUT2D eigenvalue weighted by molar-refractivity contribution is 0.0162. The van der Waals surface area contributed by atoms with Crippen LogP contribution >= 0.6 is 11.6 Å². The first kappa shape index (κ1) is 19.0. The normalized spacial score (nSPS) is 17.4. The Balaban J connectivity index is 1.55. The average Bonchev–Trinajstić information content (AvgIpc) is 3.17. The van der Waals surface area contributed by atoms with Gasteiger partial charge in [0.05, 0.1) is 29.8 Å². The molecule has 6 nitrogen and oxygen atoms in total. The Morgan fingerprint density at radius 2 is 1.96 bits per heavy atom. The first-order valence-corrected chi connectivity index (χ1v) is 9.45. The van der Waals surface area contributed by atoms with E-state index in [0.29, 0.717) is 31.3 Å². The molecular weight excluding hydrogens is 387 g/mol. The van der Waals surface area contributed by atoms with E-state index in [-0.39, 0.29) is 23.4 Å². The van der Waals surface area contributed by atoms with E-state index in [2.05, 4.69) is 10.2 Å². The summed E-state index contributed by atoms with van der Waals surface area (Å²) in [6.07, 6.45) is 0. The van der Waals surface area contributed by atoms with Crippen LogP contribution in [0.4, 0.5) is 4.39 Å². The van der Waals surface area contributed by atoms with Crippen molar-refractivity contribution in [3.05, 3.63) is 58.4 Å². The average molecular weight is 407 g/mol. The number of carbonyl (C=O) groups excluding carboxylic acids is 1. The number of ether oxygens (including phenoxy) is 3. The third-order valence-electron chi connectivity index (χ3n) is 4.91. The molecule has 0 spiro atoms. The number of nitrogens with one attached hydrogen (secondary N) is 1. The SMILES string of the molecule is O=C(NCC(c1ccc2c(c1)OCO2)N1CCOCC1)c1c(F)cccc1Cl. The number of carbonyl (C=O) groups is 1. The van der Waals surface area contributed by atoms with Gasteiger partial charge in [-0.15, -0.1) is 0 Å². The fraction of sp³-hybridized carbons (Fsp3) is 0.350. The van der Waals surface area contributed by atoms with Gasteiger partial charge in [0.1, 0.15) is 5.82 Å². The zero-order valence-electron chi connectivity index (χ0n) is 15.1. The Kier molecular flexibility index (Phi) is 5.66. The summed E-state index contributed by atoms with van der Waals surface area (Å²) in [6, 6.07) is 9.81. The lowest BCUT2D eigenvalue weighted by Gasteiger charge is -2.35. The van der Waals surface area contributed by atoms with Crippen molar-refractivity contribution < 1.29 is 23.4 Å². The quantitative estimate of drug-likeness (QED) is 0.827. The molecule has 148 valence electrons. The summed E-state index contributed by atoms with van der Waals surface area (Å²) in [7, 11) is 0. The zero-order valence-corrected chi connectivity index (χ0v) is 15.9. The van der Waals surface area contributed by atoms with E-state index in [1.165, 1.54) is 18.2 Å². The second kappa shape index (κ2) is 8.34. The topological polar surface area (TPSA) is 60.0 Å². The fourth-order valence-corrected chi connectivity index (χ4v) is 3.71. The number of nitrogens with zero attached hydrogens (tertiary/aromatic N) is 1. The van der Waals surface area contributed by atoms with E-state index in [1.54, 1.807) is 0 Å². The maximum Gasteiger partial charge on any atom is 0.255 e. The molecule has 2 aliphatic heterocycles. The summed E-state index contributed by atoms with van der Waals surface area (Å²) in [5, 5.41) is 2.91. The van der Waals surface area contributed by atoms with Gasteiger partial charge in [-0.3, -0.25) is 9.69 Å². The molecule has 1 unspecified atom stereocenters. The van der Waals surface area contributed by atoms with E-state index in [4.69, 9.17) is 25.8 Å². The summed E-state index contributed by atoms with van der Waals surface area (Å²) < 4.78 is 30.4. The number of morpholine rings is 1. The molecule has 1 fully saturated rings. The molecule has 2 aliphatic rings. The van der Waals surface area contributed by atoms with Gasteiger partial charge >= 0.3 is 0 Å². The summed E-state index contributed by atoms with van der Waals surface area (Å²) in [6.45, 7) is 3.19. The molecule has 28 heavy (non-hydrogen) atoms. The van der Waals surface area contributed by atoms with Gasteiger partial charge in [0.25, 0.3) is 5.91 Å². The first-order valence-electron chi connectivity index (χ1n) is 9.07. The lowest BCUT2D eigenvalue weighted by atomic mass is 10.0. The summed E-state index contributed by atoms with van der Waals surface area (Å²) >= 11 is 6.01. The van der Waals surface area contributed by atoms with Crippen LogP contribution in [0.25, 0.3) is 0 Å². The Hall–Kier alpha value is -2.35. The highest BCUT2D eigenvalue weighted by Gasteiger charge is 2.26. The number of halogens is 2. The summed E-state index contributed by atoms with van der Waals surface area (Å²) in [5.74, 6) is 0.198. The molecule has 0 bridgehead atoms. The van der Waals surface area contributed by atoms with Gasteiger partial charge in [0.2, 0.25) is 6.79 Å². The van der Waals surface area contributed by atoms with Gasteiger partial charge in [0, 0.05) is 19.6 Å². The predicted octanol–water partition coefficient (Wildman–Crippen LogP) is 3.01. The van der Waals surface area contributed by atoms with Crippen molar-refractivity contribution in [2.75, 3.05) is 39.6 Å². The van der Waals surface area contributed by atoms with Crippen molar-refractivity contribution in [2.24, 2.45) is 0 Å². The maximum absolute atomic E-state index is 14.1. The molecule has 8 heteroatoms. The number of rotatable bonds is 5. The van der Waals surface area contributed by atoms with Crippen molar-refractivity contribution in [3.8, 4) is 11.5 Å². The second-order valence-electron chi connectivity index (χ2n) is 6.58. The zero-order chi connectivity index (χ0) is 19.5. The van der Waals surface area contributed by atoms with Crippen LogP contribution in [-0.2, 0) is 4.74 Å². The molecule has 0 radical (unpaired) electrons. The van der Waals surface area contributed by atoms with Crippen molar-refractivity contribution in [1.29, 1.82) is 0 Å². The van der Waals surface area contributed by atoms with Gasteiger partial charge in [-0.25, -0.2) is 4.39 Å². The van der Waals surface area contributed by atoms with E-state index in [1.807, 2.05) is 18.2 Å². The van der Waals surface area contributed by atoms with E-state index < -0.39 is 11.7 Å². The highest BCUT2D eigenvalue weighted by molar-refractivity contribution is 6.33. The molecule has 0 saturated carbocycles. The molecule has 1 saturated heterocycles. The Labute approximate surface area is 167 Å². The molecule has 2 heterocycles. The van der Waals surface area contributed by atoms with Gasteiger partial charge in [-0.05, 0) is 29.8 Å². The third kappa shape index (κ3) is 3.92. The minimum Gasteiger partial charge on any atom is -0.454 e. The molecule has 4 rings (SSSR count). The molecule has 1 atom stereocenters. The van der Waals surface area contributed by atoms with Gasteiger partial charge in [-0.1, -0.05) is 23.7 Å². The van der Waals surface area contributed by atoms with E-state index in [0.717, 1.165) is 18.7 Å². The van der Waals surface area contributed by atoms with Gasteiger partial charge < -0.3 is 19.5 Å². The van der Waals surface area contributed by atoms with Crippen LogP contribution in [0.2, 0.25) is 5.02 Å². The highest BCUT2D eigenvalue weighted by atomic mass is 35.5. The van der Waals surface area contributed by atoms with Gasteiger partial charge in [-0.2, -0.15) is 0 Å². The van der Waals surface area contributed by atoms with Crippen LogP contribution in [-0.4, -0.2) is 50.4 Å². The minimum atomic E-state index is -0.643. The first-order chi connectivity index (χ1) is 13.6. The molecule has 0 aliphatic carbocycles. The number of amides is 1. The molecular formula is C20H20ClFN2O4. The van der Waals surface area contributed by atoms with Crippen molar-refractivity contribution >= 4 is 17.5 Å². The second-order valence-corrected chi connectivity index (χ2v) is 6.99. The van der Waals surface area contributed by atoms with Crippen LogP contribution in [0.3, 0.4) is 0 Å². The van der Waals surface area contributed by atoms with Crippen molar-refractivity contribution in [1.82, 2.24) is 10.2 Å². The number of fused-ring (bicyclic) bond motifs is 1. The number of hydrogen-bond donors (Lipinski definition) is 1. The predicted molar refractivity (Wildman–Crippen MR) is 101 cm³/mol. The van der Waals surface area contributed by atoms with Crippen LogP contribution in [0.15, 0.2) is 36.4 Å². The maximum atomic E-state index is 14.1. The van der Waals surface area contributed by atoms with Crippen molar-refractivity contribution in [3.63, 3.8) is 0 Å². The van der Waals surface area contributed by atoms with E-state index >= 15 is 0 Å². The smallest absolute Gasteiger partial charge is 0.255 e. The van der Waals surface area contributed by atoms with Crippen molar-refractivity contribution in [2.45, 2.75) is 6.04 Å². The lowest BCUT2D eigenvalue weighted by Crippen LogP contribution is -2.44. The highest BCUT2D eigenvalue weighted by Crippen LogP contribution is 2.35. The fourth-order valence-electron chi connectivity index (χ4n) is 3.46.